The van der Waals surface area contributed by atoms with Gasteiger partial charge in [0.2, 0.25) is 0 Å². The van der Waals surface area contributed by atoms with Gasteiger partial charge in [0.15, 0.2) is 0 Å². The van der Waals surface area contributed by atoms with Gasteiger partial charge in [-0.2, -0.15) is 0 Å². The monoisotopic (exact) mass is 237 g/mol. The van der Waals surface area contributed by atoms with E-state index >= 15 is 0 Å². The van der Waals surface area contributed by atoms with E-state index in [9.17, 15) is 0 Å². The van der Waals surface area contributed by atoms with E-state index in [4.69, 9.17) is 9.47 Å². The van der Waals surface area contributed by atoms with Crippen molar-refractivity contribution in [3.8, 4) is 5.75 Å². The molecule has 0 spiro atoms. The molecule has 0 amide bonds. The van der Waals surface area contributed by atoms with Crippen molar-refractivity contribution in [3.63, 3.8) is 0 Å². The van der Waals surface area contributed by atoms with Crippen LogP contribution in [0.4, 0.5) is 0 Å². The van der Waals surface area contributed by atoms with E-state index in [1.807, 2.05) is 19.1 Å². The molecule has 0 fully saturated rings. The molecule has 1 N–H and O–H groups in total. The van der Waals surface area contributed by atoms with Gasteiger partial charge >= 0.3 is 0 Å². The van der Waals surface area contributed by atoms with E-state index in [0.29, 0.717) is 6.61 Å². The number of hydrogen-bond acceptors (Lipinski definition) is 3. The molecule has 0 aliphatic carbocycles. The average molecular weight is 237 g/mol. The van der Waals surface area contributed by atoms with Crippen LogP contribution >= 0.6 is 0 Å². The fraction of sp³-hybridized carbons (Fsp3) is 0.571. The summed E-state index contributed by atoms with van der Waals surface area (Å²) < 4.78 is 10.8. The van der Waals surface area contributed by atoms with Gasteiger partial charge in [0.05, 0.1) is 6.61 Å². The maximum absolute atomic E-state index is 5.75. The predicted octanol–water partition coefficient (Wildman–Crippen LogP) is 2.60. The fourth-order valence-corrected chi connectivity index (χ4v) is 1.64. The zero-order valence-corrected chi connectivity index (χ0v) is 11.0. The highest BCUT2D eigenvalue weighted by molar-refractivity contribution is 5.28. The summed E-state index contributed by atoms with van der Waals surface area (Å²) in [7, 11) is 1.69. The number of hydrogen-bond donors (Lipinski definition) is 1. The first-order chi connectivity index (χ1) is 8.26. The highest BCUT2D eigenvalue weighted by Gasteiger charge is 2.03. The van der Waals surface area contributed by atoms with Crippen LogP contribution in [0, 0.1) is 0 Å². The molecule has 0 saturated heterocycles. The lowest BCUT2D eigenvalue weighted by atomic mass is 10.2. The van der Waals surface area contributed by atoms with E-state index in [1.54, 1.807) is 7.11 Å². The molecule has 1 aromatic rings. The van der Waals surface area contributed by atoms with E-state index < -0.39 is 0 Å². The van der Waals surface area contributed by atoms with Crippen LogP contribution in [0.3, 0.4) is 0 Å². The maximum atomic E-state index is 5.75. The normalized spacial score (nSPS) is 12.4. The Hall–Kier alpha value is -1.06. The van der Waals surface area contributed by atoms with Gasteiger partial charge in [0.25, 0.3) is 0 Å². The van der Waals surface area contributed by atoms with Gasteiger partial charge in [-0.15, -0.1) is 0 Å². The number of benzene rings is 1. The molecule has 17 heavy (non-hydrogen) atoms. The van der Waals surface area contributed by atoms with Crippen molar-refractivity contribution in [2.75, 3.05) is 20.3 Å². The number of rotatable bonds is 8. The molecule has 3 nitrogen and oxygen atoms in total. The Kier molecular flexibility index (Phi) is 6.67. The first-order valence-electron chi connectivity index (χ1n) is 6.21. The SMILES string of the molecule is CCCNCc1cccc(OC(C)COC)c1. The van der Waals surface area contributed by atoms with Crippen LogP contribution in [0.2, 0.25) is 0 Å². The largest absolute Gasteiger partial charge is 0.488 e. The molecule has 1 atom stereocenters. The molecular weight excluding hydrogens is 214 g/mol. The minimum atomic E-state index is 0.0823. The summed E-state index contributed by atoms with van der Waals surface area (Å²) in [6.07, 6.45) is 1.24. The summed E-state index contributed by atoms with van der Waals surface area (Å²) >= 11 is 0. The van der Waals surface area contributed by atoms with Gasteiger partial charge < -0.3 is 14.8 Å². The van der Waals surface area contributed by atoms with Gasteiger partial charge in [0.1, 0.15) is 11.9 Å². The molecule has 1 unspecified atom stereocenters. The first kappa shape index (κ1) is 14.0. The second-order valence-electron chi connectivity index (χ2n) is 4.21. The topological polar surface area (TPSA) is 30.5 Å². The molecule has 96 valence electrons. The Labute approximate surface area is 104 Å². The third kappa shape index (κ3) is 5.71. The van der Waals surface area contributed by atoms with Crippen molar-refractivity contribution >= 4 is 0 Å². The zero-order valence-electron chi connectivity index (χ0n) is 11.0. The molecular formula is C14H23NO2. The molecule has 1 rings (SSSR count). The summed E-state index contributed by atoms with van der Waals surface area (Å²) in [5.74, 6) is 0.908. The number of ether oxygens (including phenoxy) is 2. The Bertz CT molecular complexity index is 315. The average Bonchev–Trinajstić information content (AvgIpc) is 2.30. The van der Waals surface area contributed by atoms with Crippen LogP contribution in [0.5, 0.6) is 5.75 Å². The third-order valence-electron chi connectivity index (χ3n) is 2.39. The summed E-state index contributed by atoms with van der Waals surface area (Å²) in [6.45, 7) is 6.72. The third-order valence-corrected chi connectivity index (χ3v) is 2.39. The van der Waals surface area contributed by atoms with Gasteiger partial charge in [-0.1, -0.05) is 19.1 Å². The quantitative estimate of drug-likeness (QED) is 0.705. The molecule has 0 aliphatic rings. The van der Waals surface area contributed by atoms with Crippen molar-refractivity contribution in [3.05, 3.63) is 29.8 Å². The van der Waals surface area contributed by atoms with Gasteiger partial charge in [-0.25, -0.2) is 0 Å². The second kappa shape index (κ2) is 8.09. The standard InChI is InChI=1S/C14H23NO2/c1-4-8-15-10-13-6-5-7-14(9-13)17-12(2)11-16-3/h5-7,9,12,15H,4,8,10-11H2,1-3H3. The Morgan fingerprint density at radius 2 is 2.18 bits per heavy atom. The van der Waals surface area contributed by atoms with E-state index in [0.717, 1.165) is 25.3 Å². The molecule has 0 bridgehead atoms. The van der Waals surface area contributed by atoms with Gasteiger partial charge in [-0.3, -0.25) is 0 Å². The van der Waals surface area contributed by atoms with Crippen LogP contribution < -0.4 is 10.1 Å². The van der Waals surface area contributed by atoms with Crippen molar-refractivity contribution < 1.29 is 9.47 Å². The van der Waals surface area contributed by atoms with Crippen molar-refractivity contribution in [1.29, 1.82) is 0 Å². The minimum Gasteiger partial charge on any atom is -0.488 e. The molecule has 0 radical (unpaired) electrons. The van der Waals surface area contributed by atoms with Gasteiger partial charge in [-0.05, 0) is 37.6 Å². The minimum absolute atomic E-state index is 0.0823. The van der Waals surface area contributed by atoms with Crippen LogP contribution in [0.1, 0.15) is 25.8 Å². The zero-order chi connectivity index (χ0) is 12.5. The predicted molar refractivity (Wildman–Crippen MR) is 70.4 cm³/mol. The summed E-state index contributed by atoms with van der Waals surface area (Å²) in [5.41, 5.74) is 1.25. The van der Waals surface area contributed by atoms with Crippen molar-refractivity contribution in [2.24, 2.45) is 0 Å². The van der Waals surface area contributed by atoms with Gasteiger partial charge in [0, 0.05) is 13.7 Å². The van der Waals surface area contributed by atoms with E-state index in [-0.39, 0.29) is 6.10 Å². The summed E-state index contributed by atoms with van der Waals surface area (Å²) in [6, 6.07) is 8.19. The van der Waals surface area contributed by atoms with E-state index in [2.05, 4.69) is 24.4 Å². The maximum Gasteiger partial charge on any atom is 0.120 e. The summed E-state index contributed by atoms with van der Waals surface area (Å²) in [5, 5.41) is 3.38. The van der Waals surface area contributed by atoms with E-state index in [1.165, 1.54) is 5.56 Å². The van der Waals surface area contributed by atoms with Crippen LogP contribution in [-0.2, 0) is 11.3 Å². The highest BCUT2D eigenvalue weighted by atomic mass is 16.5. The summed E-state index contributed by atoms with van der Waals surface area (Å²) in [4.78, 5) is 0. The Morgan fingerprint density at radius 1 is 1.35 bits per heavy atom. The number of methoxy groups -OCH3 is 1. The number of nitrogens with one attached hydrogen (secondary N) is 1. The fourth-order valence-electron chi connectivity index (χ4n) is 1.64. The lowest BCUT2D eigenvalue weighted by Gasteiger charge is -2.14. The van der Waals surface area contributed by atoms with Crippen LogP contribution in [-0.4, -0.2) is 26.4 Å². The molecule has 0 saturated carbocycles. The van der Waals surface area contributed by atoms with Crippen molar-refractivity contribution in [1.82, 2.24) is 5.32 Å². The van der Waals surface area contributed by atoms with Crippen molar-refractivity contribution in [2.45, 2.75) is 32.9 Å². The molecule has 3 heteroatoms. The van der Waals surface area contributed by atoms with Crippen LogP contribution in [0.15, 0.2) is 24.3 Å². The lowest BCUT2D eigenvalue weighted by Crippen LogP contribution is -2.18. The molecule has 0 aliphatic heterocycles. The Balaban J connectivity index is 2.47. The lowest BCUT2D eigenvalue weighted by molar-refractivity contribution is 0.0920. The first-order valence-corrected chi connectivity index (χ1v) is 6.21. The smallest absolute Gasteiger partial charge is 0.120 e. The van der Waals surface area contributed by atoms with Crippen LogP contribution in [0.25, 0.3) is 0 Å². The second-order valence-corrected chi connectivity index (χ2v) is 4.21. The molecule has 0 aromatic heterocycles. The highest BCUT2D eigenvalue weighted by Crippen LogP contribution is 2.15. The molecule has 1 aromatic carbocycles. The Morgan fingerprint density at radius 3 is 2.88 bits per heavy atom. The molecule has 0 heterocycles.